The molecule has 1 aromatic heterocycles. The van der Waals surface area contributed by atoms with Gasteiger partial charge in [-0.2, -0.15) is 0 Å². The van der Waals surface area contributed by atoms with Crippen LogP contribution in [0.4, 0.5) is 0 Å². The van der Waals surface area contributed by atoms with Gasteiger partial charge in [-0.3, -0.25) is 14.5 Å². The van der Waals surface area contributed by atoms with Gasteiger partial charge in [-0.25, -0.2) is 0 Å². The minimum Gasteiger partial charge on any atom is -0.389 e. The van der Waals surface area contributed by atoms with E-state index in [1.54, 1.807) is 0 Å². The molecule has 0 atom stereocenters. The van der Waals surface area contributed by atoms with Crippen molar-refractivity contribution in [1.29, 1.82) is 0 Å². The van der Waals surface area contributed by atoms with Gasteiger partial charge in [-0.05, 0) is 63.2 Å². The third-order valence-electron chi connectivity index (χ3n) is 9.25. The highest BCUT2D eigenvalue weighted by Crippen LogP contribution is 2.37. The van der Waals surface area contributed by atoms with Crippen LogP contribution < -0.4 is 5.56 Å². The summed E-state index contributed by atoms with van der Waals surface area (Å²) in [6, 6.07) is 7.97. The quantitative estimate of drug-likeness (QED) is 0.595. The lowest BCUT2D eigenvalue weighted by molar-refractivity contribution is -0.140. The van der Waals surface area contributed by atoms with Gasteiger partial charge < -0.3 is 19.9 Å². The smallest absolute Gasteiger partial charge is 0.253 e. The molecule has 2 aromatic rings. The van der Waals surface area contributed by atoms with Gasteiger partial charge in [0.05, 0.1) is 18.6 Å². The van der Waals surface area contributed by atoms with E-state index in [1.807, 2.05) is 30.0 Å². The summed E-state index contributed by atoms with van der Waals surface area (Å²) in [6.45, 7) is 7.06. The second-order valence-corrected chi connectivity index (χ2v) is 12.1. The van der Waals surface area contributed by atoms with Gasteiger partial charge in [-0.15, -0.1) is 0 Å². The number of aromatic amines is 1. The molecule has 2 heterocycles. The first kappa shape index (κ1) is 26.4. The zero-order valence-electron chi connectivity index (χ0n) is 22.7. The number of fused-ring (bicyclic) bond motifs is 1. The summed E-state index contributed by atoms with van der Waals surface area (Å²) in [4.78, 5) is 37.0. The van der Waals surface area contributed by atoms with Crippen LogP contribution in [0.3, 0.4) is 0 Å². The van der Waals surface area contributed by atoms with Gasteiger partial charge in [0.1, 0.15) is 0 Å². The zero-order chi connectivity index (χ0) is 26.0. The number of nitrogens with zero attached hydrogens (tertiary/aromatic N) is 3. The van der Waals surface area contributed by atoms with Crippen molar-refractivity contribution < 1.29 is 9.90 Å². The topological polar surface area (TPSA) is 79.9 Å². The van der Waals surface area contributed by atoms with Crippen molar-refractivity contribution in [2.45, 2.75) is 88.8 Å². The average Bonchev–Trinajstić information content (AvgIpc) is 3.31. The van der Waals surface area contributed by atoms with E-state index in [0.29, 0.717) is 24.9 Å². The van der Waals surface area contributed by atoms with Crippen molar-refractivity contribution in [2.75, 3.05) is 39.8 Å². The molecular weight excluding hydrogens is 464 g/mol. The molecule has 0 radical (unpaired) electrons. The Morgan fingerprint density at radius 3 is 2.38 bits per heavy atom. The predicted octanol–water partition coefficient (Wildman–Crippen LogP) is 3.81. The summed E-state index contributed by atoms with van der Waals surface area (Å²) >= 11 is 0. The van der Waals surface area contributed by atoms with E-state index >= 15 is 0 Å². The Hall–Kier alpha value is -2.22. The molecule has 202 valence electrons. The molecule has 0 unspecified atom stereocenters. The predicted molar refractivity (Wildman–Crippen MR) is 148 cm³/mol. The maximum atomic E-state index is 13.9. The number of likely N-dealkylation sites (N-methyl/N-ethyl adjacent to an activating group) is 1. The summed E-state index contributed by atoms with van der Waals surface area (Å²) in [5.41, 5.74) is 1.47. The molecule has 0 bridgehead atoms. The number of H-pyrrole nitrogens is 1. The largest absolute Gasteiger partial charge is 0.389 e. The highest BCUT2D eigenvalue weighted by molar-refractivity contribution is 5.80. The zero-order valence-corrected chi connectivity index (χ0v) is 22.7. The standard InChI is InChI=1S/C30H44N4O3/c1-23-8-9-26-24(18-23)19-25(28(36)31-26)21-33(27(35)20-30(37)12-6-7-13-30)22-29(10-4-3-5-11-29)34-16-14-32(2)15-17-34/h8-9,18-19,37H,3-7,10-17,20-22H2,1-2H3,(H,31,36). The normalized spacial score (nSPS) is 22.4. The number of hydrogen-bond acceptors (Lipinski definition) is 5. The number of carbonyl (C=O) groups is 1. The van der Waals surface area contributed by atoms with Gasteiger partial charge in [0.15, 0.2) is 0 Å². The summed E-state index contributed by atoms with van der Waals surface area (Å²) in [7, 11) is 2.18. The number of aromatic nitrogens is 1. The number of carbonyl (C=O) groups excluding carboxylic acids is 1. The molecule has 1 aromatic carbocycles. The van der Waals surface area contributed by atoms with Crippen LogP contribution in [-0.4, -0.2) is 81.6 Å². The average molecular weight is 509 g/mol. The Morgan fingerprint density at radius 2 is 1.68 bits per heavy atom. The maximum absolute atomic E-state index is 13.9. The van der Waals surface area contributed by atoms with Crippen LogP contribution in [0.25, 0.3) is 10.9 Å². The molecular formula is C30H44N4O3. The van der Waals surface area contributed by atoms with Crippen molar-refractivity contribution in [2.24, 2.45) is 0 Å². The number of benzene rings is 1. The second-order valence-electron chi connectivity index (χ2n) is 12.1. The van der Waals surface area contributed by atoms with Crippen LogP contribution in [0, 0.1) is 6.92 Å². The van der Waals surface area contributed by atoms with Crippen LogP contribution in [0.2, 0.25) is 0 Å². The second kappa shape index (κ2) is 10.9. The minimum atomic E-state index is -0.907. The molecule has 1 saturated heterocycles. The molecule has 37 heavy (non-hydrogen) atoms. The van der Waals surface area contributed by atoms with Crippen molar-refractivity contribution in [3.8, 4) is 0 Å². The lowest BCUT2D eigenvalue weighted by atomic mass is 9.79. The van der Waals surface area contributed by atoms with Crippen LogP contribution in [0.1, 0.15) is 75.3 Å². The molecule has 5 rings (SSSR count). The molecule has 2 aliphatic carbocycles. The Labute approximate surface area is 220 Å². The monoisotopic (exact) mass is 508 g/mol. The third kappa shape index (κ3) is 5.94. The number of rotatable bonds is 7. The number of amides is 1. The number of aryl methyl sites for hydroxylation is 1. The molecule has 3 fully saturated rings. The number of aliphatic hydroxyl groups is 1. The van der Waals surface area contributed by atoms with Crippen molar-refractivity contribution >= 4 is 16.8 Å². The molecule has 7 nitrogen and oxygen atoms in total. The van der Waals surface area contributed by atoms with E-state index in [-0.39, 0.29) is 30.0 Å². The fraction of sp³-hybridized carbons (Fsp3) is 0.667. The van der Waals surface area contributed by atoms with Crippen LogP contribution >= 0.6 is 0 Å². The van der Waals surface area contributed by atoms with Crippen molar-refractivity contribution in [3.05, 3.63) is 45.7 Å². The number of piperazine rings is 1. The Bertz CT molecular complexity index is 1160. The van der Waals surface area contributed by atoms with Crippen molar-refractivity contribution in [3.63, 3.8) is 0 Å². The highest BCUT2D eigenvalue weighted by Gasteiger charge is 2.43. The van der Waals surface area contributed by atoms with Crippen molar-refractivity contribution in [1.82, 2.24) is 19.7 Å². The van der Waals surface area contributed by atoms with Gasteiger partial charge in [0.2, 0.25) is 5.91 Å². The minimum absolute atomic E-state index is 0.0211. The lowest BCUT2D eigenvalue weighted by Gasteiger charge is -2.51. The maximum Gasteiger partial charge on any atom is 0.253 e. The molecule has 1 amide bonds. The number of nitrogens with one attached hydrogen (secondary N) is 1. The Kier molecular flexibility index (Phi) is 7.75. The molecule has 2 saturated carbocycles. The summed E-state index contributed by atoms with van der Waals surface area (Å²) in [6.07, 6.45) is 9.22. The highest BCUT2D eigenvalue weighted by atomic mass is 16.3. The molecule has 1 aliphatic heterocycles. The Balaban J connectivity index is 1.46. The lowest BCUT2D eigenvalue weighted by Crippen LogP contribution is -2.62. The first-order valence-electron chi connectivity index (χ1n) is 14.3. The van der Waals surface area contributed by atoms with Gasteiger partial charge in [0.25, 0.3) is 5.56 Å². The fourth-order valence-corrected chi connectivity index (χ4v) is 6.95. The summed E-state index contributed by atoms with van der Waals surface area (Å²) in [5, 5.41) is 12.1. The van der Waals surface area contributed by atoms with Gasteiger partial charge >= 0.3 is 0 Å². The van der Waals surface area contributed by atoms with E-state index in [1.165, 1.54) is 19.3 Å². The number of pyridine rings is 1. The molecule has 3 aliphatic rings. The molecule has 7 heteroatoms. The van der Waals surface area contributed by atoms with E-state index < -0.39 is 5.60 Å². The summed E-state index contributed by atoms with van der Waals surface area (Å²) < 4.78 is 0. The Morgan fingerprint density at radius 1 is 1.00 bits per heavy atom. The SMILES string of the molecule is Cc1ccc2[nH]c(=O)c(CN(CC3(N4CCN(C)CC4)CCCCC3)C(=O)CC3(O)CCCC3)cc2c1. The van der Waals surface area contributed by atoms with E-state index in [2.05, 4.69) is 27.9 Å². The number of hydrogen-bond donors (Lipinski definition) is 2. The molecule has 0 spiro atoms. The van der Waals surface area contributed by atoms with Gasteiger partial charge in [0, 0.05) is 49.3 Å². The first-order valence-corrected chi connectivity index (χ1v) is 14.3. The van der Waals surface area contributed by atoms with E-state index in [9.17, 15) is 14.7 Å². The van der Waals surface area contributed by atoms with Gasteiger partial charge in [-0.1, -0.05) is 43.7 Å². The van der Waals surface area contributed by atoms with Crippen LogP contribution in [0.5, 0.6) is 0 Å². The van der Waals surface area contributed by atoms with Crippen LogP contribution in [-0.2, 0) is 11.3 Å². The van der Waals surface area contributed by atoms with E-state index in [4.69, 9.17) is 0 Å². The third-order valence-corrected chi connectivity index (χ3v) is 9.25. The fourth-order valence-electron chi connectivity index (χ4n) is 6.95. The van der Waals surface area contributed by atoms with E-state index in [0.717, 1.165) is 68.3 Å². The molecule has 2 N–H and O–H groups in total. The van der Waals surface area contributed by atoms with Crippen LogP contribution in [0.15, 0.2) is 29.1 Å². The summed E-state index contributed by atoms with van der Waals surface area (Å²) in [5.74, 6) is -0.0211. The first-order chi connectivity index (χ1) is 17.8.